The van der Waals surface area contributed by atoms with Crippen molar-refractivity contribution in [1.82, 2.24) is 14.9 Å². The van der Waals surface area contributed by atoms with Gasteiger partial charge < -0.3 is 9.88 Å². The van der Waals surface area contributed by atoms with E-state index >= 15 is 0 Å². The number of carbonyl (C=O) groups excluding carboxylic acids is 1. The van der Waals surface area contributed by atoms with Crippen LogP contribution in [0.4, 0.5) is 0 Å². The largest absolute Gasteiger partial charge is 0.332 e. The first-order valence-corrected chi connectivity index (χ1v) is 7.30. The van der Waals surface area contributed by atoms with E-state index in [2.05, 4.69) is 9.97 Å². The van der Waals surface area contributed by atoms with Gasteiger partial charge in [-0.3, -0.25) is 14.6 Å². The van der Waals surface area contributed by atoms with E-state index < -0.39 is 0 Å². The zero-order valence-corrected chi connectivity index (χ0v) is 13.4. The van der Waals surface area contributed by atoms with Gasteiger partial charge in [-0.05, 0) is 51.0 Å². The monoisotopic (exact) mass is 299 g/mol. The third-order valence-corrected chi connectivity index (χ3v) is 3.54. The van der Waals surface area contributed by atoms with Gasteiger partial charge in [0, 0.05) is 30.7 Å². The van der Waals surface area contributed by atoms with Crippen LogP contribution in [0.25, 0.3) is 0 Å². The maximum atomic E-state index is 12.8. The lowest BCUT2D eigenvalue weighted by molar-refractivity contribution is 0.0687. The van der Waals surface area contributed by atoms with E-state index in [1.807, 2.05) is 32.0 Å². The molecule has 5 heteroatoms. The zero-order valence-electron chi connectivity index (χ0n) is 13.4. The molecule has 1 amide bonds. The van der Waals surface area contributed by atoms with Gasteiger partial charge in [0.2, 0.25) is 0 Å². The Morgan fingerprint density at radius 2 is 2.09 bits per heavy atom. The van der Waals surface area contributed by atoms with Crippen LogP contribution in [0.1, 0.15) is 41.0 Å². The fourth-order valence-electron chi connectivity index (χ4n) is 2.44. The maximum Gasteiger partial charge on any atom is 0.261 e. The molecule has 0 aromatic carbocycles. The van der Waals surface area contributed by atoms with Crippen molar-refractivity contribution in [3.8, 4) is 0 Å². The van der Waals surface area contributed by atoms with Gasteiger partial charge in [0.15, 0.2) is 0 Å². The van der Waals surface area contributed by atoms with Crippen molar-refractivity contribution in [1.29, 1.82) is 0 Å². The highest BCUT2D eigenvalue weighted by atomic mass is 16.2. The second-order valence-electron chi connectivity index (χ2n) is 5.73. The SMILES string of the molecule is Cc1cc(C)c(C(=O)N(Cc2cccnc2)C(C)C)c(=O)[nH]1. The van der Waals surface area contributed by atoms with Gasteiger partial charge in [-0.15, -0.1) is 0 Å². The van der Waals surface area contributed by atoms with Crippen molar-refractivity contribution >= 4 is 5.91 Å². The first-order chi connectivity index (χ1) is 10.4. The molecule has 2 aromatic heterocycles. The second-order valence-corrected chi connectivity index (χ2v) is 5.73. The molecule has 0 fully saturated rings. The lowest BCUT2D eigenvalue weighted by atomic mass is 10.1. The standard InChI is InChI=1S/C17H21N3O2/c1-11(2)20(10-14-6-5-7-18-9-14)17(22)15-12(3)8-13(4)19-16(15)21/h5-9,11H,10H2,1-4H3,(H,19,21). The predicted octanol–water partition coefficient (Wildman–Crippen LogP) is 2.44. The maximum absolute atomic E-state index is 12.8. The molecular weight excluding hydrogens is 278 g/mol. The van der Waals surface area contributed by atoms with Crippen LogP contribution in [0, 0.1) is 13.8 Å². The number of aromatic amines is 1. The quantitative estimate of drug-likeness (QED) is 0.943. The highest BCUT2D eigenvalue weighted by Gasteiger charge is 2.23. The van der Waals surface area contributed by atoms with Gasteiger partial charge in [-0.25, -0.2) is 0 Å². The average Bonchev–Trinajstić information content (AvgIpc) is 2.44. The molecule has 0 spiro atoms. The third kappa shape index (κ3) is 3.42. The molecular formula is C17H21N3O2. The molecule has 22 heavy (non-hydrogen) atoms. The fourth-order valence-corrected chi connectivity index (χ4v) is 2.44. The van der Waals surface area contributed by atoms with E-state index in [0.717, 1.165) is 11.3 Å². The van der Waals surface area contributed by atoms with E-state index in [1.165, 1.54) is 0 Å². The Kier molecular flexibility index (Phi) is 4.75. The minimum Gasteiger partial charge on any atom is -0.332 e. The van der Waals surface area contributed by atoms with Crippen LogP contribution in [0.3, 0.4) is 0 Å². The van der Waals surface area contributed by atoms with Crippen LogP contribution in [0.15, 0.2) is 35.4 Å². The smallest absolute Gasteiger partial charge is 0.261 e. The van der Waals surface area contributed by atoms with Crippen molar-refractivity contribution in [2.45, 2.75) is 40.3 Å². The molecule has 0 atom stereocenters. The minimum absolute atomic E-state index is 0.0205. The van der Waals surface area contributed by atoms with Crippen LogP contribution >= 0.6 is 0 Å². The summed E-state index contributed by atoms with van der Waals surface area (Å²) in [7, 11) is 0. The lowest BCUT2D eigenvalue weighted by Gasteiger charge is -2.27. The average molecular weight is 299 g/mol. The van der Waals surface area contributed by atoms with Crippen molar-refractivity contribution in [2.24, 2.45) is 0 Å². The molecule has 0 unspecified atom stereocenters. The number of hydrogen-bond donors (Lipinski definition) is 1. The number of H-pyrrole nitrogens is 1. The fraction of sp³-hybridized carbons (Fsp3) is 0.353. The van der Waals surface area contributed by atoms with E-state index in [1.54, 1.807) is 31.1 Å². The Morgan fingerprint density at radius 3 is 2.64 bits per heavy atom. The van der Waals surface area contributed by atoms with Gasteiger partial charge in [-0.1, -0.05) is 6.07 Å². The number of nitrogens with one attached hydrogen (secondary N) is 1. The first-order valence-electron chi connectivity index (χ1n) is 7.30. The van der Waals surface area contributed by atoms with Crippen molar-refractivity contribution < 1.29 is 4.79 Å². The molecule has 0 aliphatic carbocycles. The van der Waals surface area contributed by atoms with Crippen LogP contribution in [-0.2, 0) is 6.54 Å². The van der Waals surface area contributed by atoms with Crippen molar-refractivity contribution in [2.75, 3.05) is 0 Å². The summed E-state index contributed by atoms with van der Waals surface area (Å²) in [6.45, 7) is 7.89. The molecule has 2 rings (SSSR count). The summed E-state index contributed by atoms with van der Waals surface area (Å²) in [6.07, 6.45) is 3.43. The molecule has 2 heterocycles. The van der Waals surface area contributed by atoms with Crippen LogP contribution in [0.2, 0.25) is 0 Å². The van der Waals surface area contributed by atoms with E-state index in [0.29, 0.717) is 12.1 Å². The Bertz CT molecular complexity index is 720. The lowest BCUT2D eigenvalue weighted by Crippen LogP contribution is -2.39. The summed E-state index contributed by atoms with van der Waals surface area (Å²) in [4.78, 5) is 33.5. The number of hydrogen-bond acceptors (Lipinski definition) is 3. The minimum atomic E-state index is -0.334. The Balaban J connectivity index is 2.38. The number of aryl methyl sites for hydroxylation is 2. The molecule has 0 bridgehead atoms. The molecule has 116 valence electrons. The van der Waals surface area contributed by atoms with Gasteiger partial charge in [0.1, 0.15) is 5.56 Å². The molecule has 0 aliphatic heterocycles. The summed E-state index contributed by atoms with van der Waals surface area (Å²) in [5.41, 5.74) is 2.26. The summed E-state index contributed by atoms with van der Waals surface area (Å²) in [5.74, 6) is -0.252. The topological polar surface area (TPSA) is 66.1 Å². The molecule has 0 saturated carbocycles. The van der Waals surface area contributed by atoms with Crippen LogP contribution < -0.4 is 5.56 Å². The number of rotatable bonds is 4. The molecule has 1 N–H and O–H groups in total. The molecule has 0 radical (unpaired) electrons. The highest BCUT2D eigenvalue weighted by molar-refractivity contribution is 5.95. The number of nitrogens with zero attached hydrogens (tertiary/aromatic N) is 2. The third-order valence-electron chi connectivity index (χ3n) is 3.54. The van der Waals surface area contributed by atoms with Gasteiger partial charge in [0.05, 0.1) is 0 Å². The Hall–Kier alpha value is -2.43. The molecule has 2 aromatic rings. The van der Waals surface area contributed by atoms with E-state index in [9.17, 15) is 9.59 Å². The summed E-state index contributed by atoms with van der Waals surface area (Å²) in [5, 5.41) is 0. The van der Waals surface area contributed by atoms with Crippen molar-refractivity contribution in [3.63, 3.8) is 0 Å². The molecule has 0 saturated heterocycles. The zero-order chi connectivity index (χ0) is 16.3. The first kappa shape index (κ1) is 15.9. The number of amides is 1. The normalized spacial score (nSPS) is 10.8. The van der Waals surface area contributed by atoms with Crippen LogP contribution in [-0.4, -0.2) is 26.8 Å². The number of carbonyl (C=O) groups is 1. The summed E-state index contributed by atoms with van der Waals surface area (Å²) >= 11 is 0. The van der Waals surface area contributed by atoms with Crippen LogP contribution in [0.5, 0.6) is 0 Å². The summed E-state index contributed by atoms with van der Waals surface area (Å²) in [6, 6.07) is 5.55. The molecule has 5 nitrogen and oxygen atoms in total. The van der Waals surface area contributed by atoms with Gasteiger partial charge in [-0.2, -0.15) is 0 Å². The Labute approximate surface area is 130 Å². The predicted molar refractivity (Wildman–Crippen MR) is 85.8 cm³/mol. The number of pyridine rings is 2. The highest BCUT2D eigenvalue weighted by Crippen LogP contribution is 2.13. The second kappa shape index (κ2) is 6.56. The summed E-state index contributed by atoms with van der Waals surface area (Å²) < 4.78 is 0. The van der Waals surface area contributed by atoms with E-state index in [4.69, 9.17) is 0 Å². The number of aromatic nitrogens is 2. The van der Waals surface area contributed by atoms with Crippen molar-refractivity contribution in [3.05, 3.63) is 63.3 Å². The van der Waals surface area contributed by atoms with E-state index in [-0.39, 0.29) is 23.1 Å². The van der Waals surface area contributed by atoms with Gasteiger partial charge >= 0.3 is 0 Å². The molecule has 0 aliphatic rings. The van der Waals surface area contributed by atoms with Gasteiger partial charge in [0.25, 0.3) is 11.5 Å². The Morgan fingerprint density at radius 1 is 1.36 bits per heavy atom.